The molecule has 0 bridgehead atoms. The highest BCUT2D eigenvalue weighted by molar-refractivity contribution is 7.80. The third-order valence-electron chi connectivity index (χ3n) is 5.54. The quantitative estimate of drug-likeness (QED) is 0.456. The van der Waals surface area contributed by atoms with Gasteiger partial charge in [-0.15, -0.1) is 0 Å². The first kappa shape index (κ1) is 20.4. The lowest BCUT2D eigenvalue weighted by Gasteiger charge is -2.22. The topological polar surface area (TPSA) is 33.3 Å². The van der Waals surface area contributed by atoms with Crippen molar-refractivity contribution in [3.05, 3.63) is 95.6 Å². The van der Waals surface area contributed by atoms with Crippen molar-refractivity contribution in [2.24, 2.45) is 0 Å². The van der Waals surface area contributed by atoms with Crippen LogP contribution in [0.15, 0.2) is 78.9 Å². The van der Waals surface area contributed by atoms with Crippen LogP contribution < -0.4 is 15.4 Å². The Morgan fingerprint density at radius 1 is 0.867 bits per heavy atom. The van der Waals surface area contributed by atoms with Crippen LogP contribution in [0, 0.1) is 6.92 Å². The molecule has 4 heteroatoms. The maximum absolute atomic E-state index is 6.05. The number of rotatable bonds is 6. The normalized spacial score (nSPS) is 14.8. The largest absolute Gasteiger partial charge is 0.490 e. The van der Waals surface area contributed by atoms with Crippen molar-refractivity contribution < 1.29 is 4.74 Å². The molecule has 0 saturated heterocycles. The van der Waals surface area contributed by atoms with Crippen LogP contribution in [0.25, 0.3) is 0 Å². The molecule has 3 aromatic rings. The number of hydrogen-bond donors (Lipinski definition) is 2. The van der Waals surface area contributed by atoms with Gasteiger partial charge in [0, 0.05) is 5.69 Å². The summed E-state index contributed by atoms with van der Waals surface area (Å²) in [5.41, 5.74) is 4.54. The molecule has 1 aliphatic rings. The average molecular weight is 417 g/mol. The van der Waals surface area contributed by atoms with E-state index in [1.807, 2.05) is 30.3 Å². The molecule has 2 N–H and O–H groups in total. The highest BCUT2D eigenvalue weighted by Crippen LogP contribution is 2.26. The van der Waals surface area contributed by atoms with Gasteiger partial charge in [0.05, 0.1) is 12.1 Å². The molecule has 4 rings (SSSR count). The second kappa shape index (κ2) is 9.77. The van der Waals surface area contributed by atoms with Gasteiger partial charge in [0.25, 0.3) is 0 Å². The van der Waals surface area contributed by atoms with E-state index in [0.717, 1.165) is 24.3 Å². The summed E-state index contributed by atoms with van der Waals surface area (Å²) in [4.78, 5) is 0. The zero-order valence-electron chi connectivity index (χ0n) is 17.3. The van der Waals surface area contributed by atoms with Crippen molar-refractivity contribution >= 4 is 23.0 Å². The van der Waals surface area contributed by atoms with Gasteiger partial charge in [0.1, 0.15) is 5.75 Å². The minimum atomic E-state index is -0.0169. The maximum Gasteiger partial charge on any atom is 0.171 e. The highest BCUT2D eigenvalue weighted by atomic mass is 32.1. The van der Waals surface area contributed by atoms with Crippen LogP contribution in [-0.2, 0) is 0 Å². The number of anilines is 1. The molecule has 1 saturated carbocycles. The third kappa shape index (κ3) is 5.39. The average Bonchev–Trinajstić information content (AvgIpc) is 3.28. The first-order chi connectivity index (χ1) is 14.7. The van der Waals surface area contributed by atoms with E-state index in [0.29, 0.717) is 11.2 Å². The van der Waals surface area contributed by atoms with Gasteiger partial charge in [-0.2, -0.15) is 0 Å². The van der Waals surface area contributed by atoms with Gasteiger partial charge in [-0.1, -0.05) is 60.2 Å². The van der Waals surface area contributed by atoms with E-state index in [1.54, 1.807) is 0 Å². The minimum Gasteiger partial charge on any atom is -0.490 e. The van der Waals surface area contributed by atoms with Crippen molar-refractivity contribution in [3.63, 3.8) is 0 Å². The van der Waals surface area contributed by atoms with E-state index in [1.165, 1.54) is 29.5 Å². The summed E-state index contributed by atoms with van der Waals surface area (Å²) in [6.07, 6.45) is 5.23. The Balaban J connectivity index is 1.42. The second-order valence-corrected chi connectivity index (χ2v) is 8.31. The monoisotopic (exact) mass is 416 g/mol. The summed E-state index contributed by atoms with van der Waals surface area (Å²) in [7, 11) is 0. The van der Waals surface area contributed by atoms with Gasteiger partial charge in [-0.05, 0) is 80.2 Å². The first-order valence-corrected chi connectivity index (χ1v) is 11.0. The van der Waals surface area contributed by atoms with E-state index in [2.05, 4.69) is 66.1 Å². The summed E-state index contributed by atoms with van der Waals surface area (Å²) in [6.45, 7) is 2.10. The Bertz CT molecular complexity index is 949. The Kier molecular flexibility index (Phi) is 6.65. The van der Waals surface area contributed by atoms with E-state index >= 15 is 0 Å². The SMILES string of the molecule is Cc1ccc(C(NC(=S)Nc2ccc(OC3CCCC3)cc2)c2ccccc2)cc1. The number of nitrogens with one attached hydrogen (secondary N) is 2. The molecule has 0 heterocycles. The van der Waals surface area contributed by atoms with E-state index in [4.69, 9.17) is 17.0 Å². The van der Waals surface area contributed by atoms with Crippen molar-refractivity contribution in [1.29, 1.82) is 0 Å². The molecule has 0 amide bonds. The summed E-state index contributed by atoms with van der Waals surface area (Å²) in [5, 5.41) is 7.38. The zero-order valence-corrected chi connectivity index (χ0v) is 18.1. The van der Waals surface area contributed by atoms with Gasteiger partial charge >= 0.3 is 0 Å². The number of benzene rings is 3. The van der Waals surface area contributed by atoms with Gasteiger partial charge in [0.2, 0.25) is 0 Å². The van der Waals surface area contributed by atoms with Crippen molar-refractivity contribution in [2.45, 2.75) is 44.8 Å². The number of aryl methyl sites for hydroxylation is 1. The van der Waals surface area contributed by atoms with E-state index in [-0.39, 0.29) is 6.04 Å². The summed E-state index contributed by atoms with van der Waals surface area (Å²) < 4.78 is 6.05. The molecule has 3 aromatic carbocycles. The van der Waals surface area contributed by atoms with Gasteiger partial charge in [0.15, 0.2) is 5.11 Å². The highest BCUT2D eigenvalue weighted by Gasteiger charge is 2.17. The van der Waals surface area contributed by atoms with Crippen LogP contribution >= 0.6 is 12.2 Å². The minimum absolute atomic E-state index is 0.0169. The van der Waals surface area contributed by atoms with Gasteiger partial charge in [-0.25, -0.2) is 0 Å². The van der Waals surface area contributed by atoms with Gasteiger partial charge < -0.3 is 15.4 Å². The summed E-state index contributed by atoms with van der Waals surface area (Å²) >= 11 is 5.63. The molecule has 0 aliphatic heterocycles. The third-order valence-corrected chi connectivity index (χ3v) is 5.76. The van der Waals surface area contributed by atoms with Crippen LogP contribution in [0.2, 0.25) is 0 Å². The molecule has 30 heavy (non-hydrogen) atoms. The number of hydrogen-bond acceptors (Lipinski definition) is 2. The second-order valence-electron chi connectivity index (χ2n) is 7.90. The molecule has 1 fully saturated rings. The maximum atomic E-state index is 6.05. The molecular formula is C26H28N2OS. The molecule has 154 valence electrons. The predicted molar refractivity (Wildman–Crippen MR) is 128 cm³/mol. The molecule has 0 radical (unpaired) electrons. The van der Waals surface area contributed by atoms with Crippen LogP contribution in [0.1, 0.15) is 48.4 Å². The summed E-state index contributed by atoms with van der Waals surface area (Å²) in [5.74, 6) is 0.924. The standard InChI is InChI=1S/C26H28N2OS/c1-19-11-13-21(14-12-19)25(20-7-3-2-4-8-20)28-26(30)27-22-15-17-24(18-16-22)29-23-9-5-6-10-23/h2-4,7-8,11-18,23,25H,5-6,9-10H2,1H3,(H2,27,28,30). The molecule has 1 unspecified atom stereocenters. The van der Waals surface area contributed by atoms with Crippen LogP contribution in [0.4, 0.5) is 5.69 Å². The fourth-order valence-corrected chi connectivity index (χ4v) is 4.11. The Morgan fingerprint density at radius 2 is 1.50 bits per heavy atom. The number of thiocarbonyl (C=S) groups is 1. The van der Waals surface area contributed by atoms with E-state index < -0.39 is 0 Å². The smallest absolute Gasteiger partial charge is 0.171 e. The Hall–Kier alpha value is -2.85. The fraction of sp³-hybridized carbons (Fsp3) is 0.269. The van der Waals surface area contributed by atoms with E-state index in [9.17, 15) is 0 Å². The van der Waals surface area contributed by atoms with Crippen LogP contribution in [0.3, 0.4) is 0 Å². The molecular weight excluding hydrogens is 388 g/mol. The zero-order chi connectivity index (χ0) is 20.8. The lowest BCUT2D eigenvalue weighted by Crippen LogP contribution is -2.33. The van der Waals surface area contributed by atoms with Gasteiger partial charge in [-0.3, -0.25) is 0 Å². The first-order valence-electron chi connectivity index (χ1n) is 10.6. The Labute approximate surface area is 184 Å². The molecule has 1 atom stereocenters. The Morgan fingerprint density at radius 3 is 2.17 bits per heavy atom. The van der Waals surface area contributed by atoms with Crippen molar-refractivity contribution in [3.8, 4) is 5.75 Å². The van der Waals surface area contributed by atoms with Crippen molar-refractivity contribution in [2.75, 3.05) is 5.32 Å². The molecule has 1 aliphatic carbocycles. The molecule has 0 aromatic heterocycles. The summed E-state index contributed by atoms with van der Waals surface area (Å²) in [6, 6.07) is 27.0. The molecule has 3 nitrogen and oxygen atoms in total. The predicted octanol–water partition coefficient (Wildman–Crippen LogP) is 6.39. The fourth-order valence-electron chi connectivity index (χ4n) is 3.88. The van der Waals surface area contributed by atoms with Crippen LogP contribution in [0.5, 0.6) is 5.75 Å². The van der Waals surface area contributed by atoms with Crippen LogP contribution in [-0.4, -0.2) is 11.2 Å². The molecule has 0 spiro atoms. The lowest BCUT2D eigenvalue weighted by atomic mass is 9.98. The van der Waals surface area contributed by atoms with Crippen molar-refractivity contribution in [1.82, 2.24) is 5.32 Å². The number of ether oxygens (including phenoxy) is 1. The lowest BCUT2D eigenvalue weighted by molar-refractivity contribution is 0.210.